The first-order valence-electron chi connectivity index (χ1n) is 5.75. The Balaban J connectivity index is 2.51. The molecule has 0 aliphatic carbocycles. The fraction of sp³-hybridized carbons (Fsp3) is 0.462. The summed E-state index contributed by atoms with van der Waals surface area (Å²) in [6.07, 6.45) is 2.08. The minimum atomic E-state index is -0.890. The van der Waals surface area contributed by atoms with E-state index in [1.165, 1.54) is 0 Å². The molecule has 1 N–H and O–H groups in total. The zero-order chi connectivity index (χ0) is 12.4. The van der Waals surface area contributed by atoms with Gasteiger partial charge >= 0.3 is 5.97 Å². The van der Waals surface area contributed by atoms with Gasteiger partial charge < -0.3 is 9.84 Å². The van der Waals surface area contributed by atoms with Crippen molar-refractivity contribution >= 4 is 5.97 Å². The molecule has 1 heterocycles. The number of hydrogen-bond donors (Lipinski definition) is 1. The fourth-order valence-electron chi connectivity index (χ4n) is 2.53. The van der Waals surface area contributed by atoms with E-state index in [4.69, 9.17) is 4.74 Å². The number of carboxylic acid groups (broad SMARTS) is 1. The molecule has 1 aromatic carbocycles. The van der Waals surface area contributed by atoms with Crippen molar-refractivity contribution in [1.82, 2.24) is 4.90 Å². The number of rotatable bonds is 3. The van der Waals surface area contributed by atoms with Gasteiger partial charge in [-0.2, -0.15) is 0 Å². The summed E-state index contributed by atoms with van der Waals surface area (Å²) in [6, 6.07) is 5.35. The molecule has 0 radical (unpaired) electrons. The van der Waals surface area contributed by atoms with Gasteiger partial charge in [-0.3, -0.25) is 4.90 Å². The van der Waals surface area contributed by atoms with Crippen LogP contribution in [-0.2, 0) is 0 Å². The van der Waals surface area contributed by atoms with Gasteiger partial charge in [-0.15, -0.1) is 0 Å². The standard InChI is InChI=1S/C13H17NO3/c1-14-8-4-6-10(14)12-9(13(15)16)5-3-7-11(12)17-2/h3,5,7,10H,4,6,8H2,1-2H3,(H,15,16). The number of likely N-dealkylation sites (tertiary alicyclic amines) is 1. The molecular formula is C13H17NO3. The molecule has 0 bridgehead atoms. The van der Waals surface area contributed by atoms with Crippen LogP contribution >= 0.6 is 0 Å². The van der Waals surface area contributed by atoms with Crippen molar-refractivity contribution < 1.29 is 14.6 Å². The summed E-state index contributed by atoms with van der Waals surface area (Å²) in [4.78, 5) is 13.5. The summed E-state index contributed by atoms with van der Waals surface area (Å²) in [7, 11) is 3.61. The smallest absolute Gasteiger partial charge is 0.336 e. The predicted octanol–water partition coefficient (Wildman–Crippen LogP) is 2.16. The Morgan fingerprint density at radius 3 is 2.82 bits per heavy atom. The number of ether oxygens (including phenoxy) is 1. The van der Waals surface area contributed by atoms with Gasteiger partial charge in [-0.1, -0.05) is 6.07 Å². The highest BCUT2D eigenvalue weighted by Crippen LogP contribution is 2.38. The van der Waals surface area contributed by atoms with E-state index in [1.54, 1.807) is 19.2 Å². The molecule has 17 heavy (non-hydrogen) atoms. The Hall–Kier alpha value is -1.55. The van der Waals surface area contributed by atoms with Crippen molar-refractivity contribution in [3.05, 3.63) is 29.3 Å². The second-order valence-corrected chi connectivity index (χ2v) is 4.37. The number of methoxy groups -OCH3 is 1. The summed E-state index contributed by atoms with van der Waals surface area (Å²) >= 11 is 0. The van der Waals surface area contributed by atoms with Gasteiger partial charge in [0.2, 0.25) is 0 Å². The van der Waals surface area contributed by atoms with Crippen LogP contribution in [0.25, 0.3) is 0 Å². The first-order chi connectivity index (χ1) is 8.15. The van der Waals surface area contributed by atoms with Crippen LogP contribution in [0.15, 0.2) is 18.2 Å². The maximum Gasteiger partial charge on any atom is 0.336 e. The molecule has 4 heteroatoms. The zero-order valence-corrected chi connectivity index (χ0v) is 10.1. The van der Waals surface area contributed by atoms with Gasteiger partial charge in [-0.05, 0) is 38.6 Å². The number of aromatic carboxylic acids is 1. The third-order valence-corrected chi connectivity index (χ3v) is 3.37. The maximum absolute atomic E-state index is 11.3. The van der Waals surface area contributed by atoms with Crippen LogP contribution in [0.4, 0.5) is 0 Å². The number of carboxylic acids is 1. The van der Waals surface area contributed by atoms with E-state index in [9.17, 15) is 9.90 Å². The maximum atomic E-state index is 11.3. The summed E-state index contributed by atoms with van der Waals surface area (Å²) in [5.41, 5.74) is 1.16. The molecule has 4 nitrogen and oxygen atoms in total. The molecule has 1 aliphatic heterocycles. The second kappa shape index (κ2) is 4.75. The van der Waals surface area contributed by atoms with Gasteiger partial charge in [0.25, 0.3) is 0 Å². The van der Waals surface area contributed by atoms with E-state index >= 15 is 0 Å². The molecule has 1 aromatic rings. The minimum Gasteiger partial charge on any atom is -0.496 e. The number of nitrogens with zero attached hydrogens (tertiary/aromatic N) is 1. The molecule has 1 saturated heterocycles. The Kier molecular flexibility index (Phi) is 3.33. The normalized spacial score (nSPS) is 20.5. The zero-order valence-electron chi connectivity index (χ0n) is 10.1. The van der Waals surface area contributed by atoms with E-state index in [-0.39, 0.29) is 6.04 Å². The van der Waals surface area contributed by atoms with Crippen molar-refractivity contribution in [2.45, 2.75) is 18.9 Å². The van der Waals surface area contributed by atoms with E-state index in [2.05, 4.69) is 4.90 Å². The molecule has 1 unspecified atom stereocenters. The van der Waals surface area contributed by atoms with Crippen molar-refractivity contribution in [3.8, 4) is 5.75 Å². The quantitative estimate of drug-likeness (QED) is 0.872. The number of benzene rings is 1. The van der Waals surface area contributed by atoms with Crippen LogP contribution in [-0.4, -0.2) is 36.7 Å². The molecular weight excluding hydrogens is 218 g/mol. The lowest BCUT2D eigenvalue weighted by atomic mass is 9.97. The van der Waals surface area contributed by atoms with E-state index in [0.29, 0.717) is 11.3 Å². The van der Waals surface area contributed by atoms with Crippen molar-refractivity contribution in [2.24, 2.45) is 0 Å². The van der Waals surface area contributed by atoms with Crippen LogP contribution in [0, 0.1) is 0 Å². The highest BCUT2D eigenvalue weighted by Gasteiger charge is 2.29. The third kappa shape index (κ3) is 2.13. The van der Waals surface area contributed by atoms with E-state index < -0.39 is 5.97 Å². The molecule has 1 atom stereocenters. The Labute approximate surface area is 101 Å². The van der Waals surface area contributed by atoms with Crippen LogP contribution in [0.3, 0.4) is 0 Å². The van der Waals surface area contributed by atoms with Gasteiger partial charge in [0.1, 0.15) is 5.75 Å². The number of carbonyl (C=O) groups is 1. The first-order valence-corrected chi connectivity index (χ1v) is 5.75. The third-order valence-electron chi connectivity index (χ3n) is 3.37. The lowest BCUT2D eigenvalue weighted by molar-refractivity contribution is 0.0693. The van der Waals surface area contributed by atoms with Crippen LogP contribution in [0.5, 0.6) is 5.75 Å². The SMILES string of the molecule is COc1cccc(C(=O)O)c1C1CCCN1C. The highest BCUT2D eigenvalue weighted by molar-refractivity contribution is 5.90. The Morgan fingerprint density at radius 1 is 1.53 bits per heavy atom. The average Bonchev–Trinajstić information content (AvgIpc) is 2.74. The lowest BCUT2D eigenvalue weighted by Crippen LogP contribution is -2.20. The lowest BCUT2D eigenvalue weighted by Gasteiger charge is -2.23. The Bertz CT molecular complexity index is 431. The molecule has 0 saturated carbocycles. The van der Waals surface area contributed by atoms with Crippen molar-refractivity contribution in [2.75, 3.05) is 20.7 Å². The van der Waals surface area contributed by atoms with Crippen LogP contribution in [0.1, 0.15) is 34.8 Å². The average molecular weight is 235 g/mol. The summed E-state index contributed by atoms with van der Waals surface area (Å²) in [6.45, 7) is 1.00. The number of hydrogen-bond acceptors (Lipinski definition) is 3. The minimum absolute atomic E-state index is 0.150. The van der Waals surface area contributed by atoms with Crippen LogP contribution < -0.4 is 4.74 Å². The molecule has 1 fully saturated rings. The van der Waals surface area contributed by atoms with E-state index in [1.807, 2.05) is 13.1 Å². The summed E-state index contributed by atoms with van der Waals surface area (Å²) in [5, 5.41) is 9.26. The second-order valence-electron chi connectivity index (χ2n) is 4.37. The molecule has 2 rings (SSSR count). The molecule has 0 aromatic heterocycles. The summed E-state index contributed by atoms with van der Waals surface area (Å²) < 4.78 is 5.31. The predicted molar refractivity (Wildman–Crippen MR) is 64.6 cm³/mol. The molecule has 1 aliphatic rings. The van der Waals surface area contributed by atoms with Gasteiger partial charge in [0.15, 0.2) is 0 Å². The van der Waals surface area contributed by atoms with Crippen molar-refractivity contribution in [1.29, 1.82) is 0 Å². The van der Waals surface area contributed by atoms with Gasteiger partial charge in [0, 0.05) is 11.6 Å². The topological polar surface area (TPSA) is 49.8 Å². The Morgan fingerprint density at radius 2 is 2.29 bits per heavy atom. The van der Waals surface area contributed by atoms with Crippen LogP contribution in [0.2, 0.25) is 0 Å². The monoisotopic (exact) mass is 235 g/mol. The largest absolute Gasteiger partial charge is 0.496 e. The molecule has 0 amide bonds. The fourth-order valence-corrected chi connectivity index (χ4v) is 2.53. The van der Waals surface area contributed by atoms with Gasteiger partial charge in [-0.25, -0.2) is 4.79 Å². The van der Waals surface area contributed by atoms with Gasteiger partial charge in [0.05, 0.1) is 12.7 Å². The first kappa shape index (κ1) is 11.9. The molecule has 92 valence electrons. The highest BCUT2D eigenvalue weighted by atomic mass is 16.5. The van der Waals surface area contributed by atoms with Crippen molar-refractivity contribution in [3.63, 3.8) is 0 Å². The summed E-state index contributed by atoms with van der Waals surface area (Å²) in [5.74, 6) is -0.220. The van der Waals surface area contributed by atoms with E-state index in [0.717, 1.165) is 24.9 Å². The molecule has 0 spiro atoms.